The van der Waals surface area contributed by atoms with E-state index in [4.69, 9.17) is 9.47 Å². The van der Waals surface area contributed by atoms with Crippen molar-refractivity contribution in [1.82, 2.24) is 15.3 Å². The zero-order valence-corrected chi connectivity index (χ0v) is 15.3. The summed E-state index contributed by atoms with van der Waals surface area (Å²) in [5.41, 5.74) is 4.65. The molecule has 0 saturated heterocycles. The Hall–Kier alpha value is -3.15. The van der Waals surface area contributed by atoms with Gasteiger partial charge >= 0.3 is 0 Å². The highest BCUT2D eigenvalue weighted by atomic mass is 16.5. The van der Waals surface area contributed by atoms with Gasteiger partial charge in [0.15, 0.2) is 0 Å². The van der Waals surface area contributed by atoms with Crippen molar-refractivity contribution in [3.8, 4) is 11.5 Å². The maximum Gasteiger partial charge on any atom is 0.251 e. The predicted molar refractivity (Wildman–Crippen MR) is 99.7 cm³/mol. The summed E-state index contributed by atoms with van der Waals surface area (Å²) in [5, 5.41) is 2.91. The molecule has 0 radical (unpaired) electrons. The van der Waals surface area contributed by atoms with E-state index in [0.29, 0.717) is 29.1 Å². The molecule has 134 valence electrons. The third kappa shape index (κ3) is 3.59. The molecule has 26 heavy (non-hydrogen) atoms. The fraction of sp³-hybridized carbons (Fsp3) is 0.250. The average Bonchev–Trinajstić information content (AvgIpc) is 2.66. The predicted octanol–water partition coefficient (Wildman–Crippen LogP) is 3.19. The van der Waals surface area contributed by atoms with Gasteiger partial charge < -0.3 is 14.8 Å². The summed E-state index contributed by atoms with van der Waals surface area (Å²) >= 11 is 0. The Labute approximate surface area is 152 Å². The minimum atomic E-state index is -0.176. The molecule has 0 saturated carbocycles. The molecule has 1 aromatic heterocycles. The first-order chi connectivity index (χ1) is 12.5. The molecule has 0 aliphatic rings. The highest BCUT2D eigenvalue weighted by Gasteiger charge is 2.11. The van der Waals surface area contributed by atoms with Gasteiger partial charge in [-0.1, -0.05) is 0 Å². The number of nitrogens with one attached hydrogen (secondary N) is 1. The highest BCUT2D eigenvalue weighted by Crippen LogP contribution is 2.24. The van der Waals surface area contributed by atoms with Gasteiger partial charge in [0.25, 0.3) is 5.91 Å². The first-order valence-electron chi connectivity index (χ1n) is 8.26. The Bertz CT molecular complexity index is 970. The number of methoxy groups -OCH3 is 2. The van der Waals surface area contributed by atoms with Crippen LogP contribution in [0, 0.1) is 13.8 Å². The van der Waals surface area contributed by atoms with Gasteiger partial charge in [-0.25, -0.2) is 9.97 Å². The van der Waals surface area contributed by atoms with E-state index in [2.05, 4.69) is 15.3 Å². The van der Waals surface area contributed by atoms with Crippen molar-refractivity contribution < 1.29 is 14.3 Å². The van der Waals surface area contributed by atoms with Gasteiger partial charge in [-0.05, 0) is 44.2 Å². The van der Waals surface area contributed by atoms with Gasteiger partial charge in [-0.15, -0.1) is 0 Å². The van der Waals surface area contributed by atoms with E-state index in [1.165, 1.54) is 0 Å². The number of ether oxygens (including phenoxy) is 2. The average molecular weight is 351 g/mol. The van der Waals surface area contributed by atoms with E-state index in [-0.39, 0.29) is 5.91 Å². The second-order valence-electron chi connectivity index (χ2n) is 5.96. The minimum absolute atomic E-state index is 0.176. The standard InChI is InChI=1S/C20H21N3O3/c1-12-13(2)23-18-9-14(6-8-17(18)22-12)20(24)21-11-15-5-7-16(25-3)10-19(15)26-4/h5-10H,11H2,1-4H3,(H,21,24). The quantitative estimate of drug-likeness (QED) is 0.764. The van der Waals surface area contributed by atoms with Crippen LogP contribution in [0.2, 0.25) is 0 Å². The van der Waals surface area contributed by atoms with Gasteiger partial charge in [0.2, 0.25) is 0 Å². The second-order valence-corrected chi connectivity index (χ2v) is 5.96. The Morgan fingerprint density at radius 1 is 0.962 bits per heavy atom. The zero-order chi connectivity index (χ0) is 18.7. The molecule has 3 rings (SSSR count). The summed E-state index contributed by atoms with van der Waals surface area (Å²) in [6, 6.07) is 10.8. The van der Waals surface area contributed by atoms with Crippen molar-refractivity contribution in [2.75, 3.05) is 14.2 Å². The Morgan fingerprint density at radius 2 is 1.69 bits per heavy atom. The maximum atomic E-state index is 12.5. The van der Waals surface area contributed by atoms with E-state index in [0.717, 1.165) is 22.5 Å². The maximum absolute atomic E-state index is 12.5. The van der Waals surface area contributed by atoms with Gasteiger partial charge in [0.05, 0.1) is 36.6 Å². The number of aromatic nitrogens is 2. The number of benzene rings is 2. The van der Waals surface area contributed by atoms with Gasteiger partial charge in [-0.2, -0.15) is 0 Å². The number of carbonyl (C=O) groups excluding carboxylic acids is 1. The molecule has 1 amide bonds. The summed E-state index contributed by atoms with van der Waals surface area (Å²) in [5.74, 6) is 1.20. The lowest BCUT2D eigenvalue weighted by Gasteiger charge is -2.11. The van der Waals surface area contributed by atoms with Crippen LogP contribution in [0.5, 0.6) is 11.5 Å². The molecule has 3 aromatic rings. The number of nitrogens with zero attached hydrogens (tertiary/aromatic N) is 2. The number of carbonyl (C=O) groups is 1. The molecule has 0 atom stereocenters. The van der Waals surface area contributed by atoms with Crippen molar-refractivity contribution in [2.24, 2.45) is 0 Å². The fourth-order valence-corrected chi connectivity index (χ4v) is 2.65. The Balaban J connectivity index is 1.78. The molecule has 1 N–H and O–H groups in total. The van der Waals surface area contributed by atoms with Crippen LogP contribution in [0.1, 0.15) is 27.3 Å². The van der Waals surface area contributed by atoms with E-state index < -0.39 is 0 Å². The molecular formula is C20H21N3O3. The van der Waals surface area contributed by atoms with Crippen molar-refractivity contribution in [1.29, 1.82) is 0 Å². The van der Waals surface area contributed by atoms with Gasteiger partial charge in [-0.3, -0.25) is 4.79 Å². The Kier molecular flexibility index (Phi) is 5.02. The largest absolute Gasteiger partial charge is 0.497 e. The lowest BCUT2D eigenvalue weighted by Crippen LogP contribution is -2.23. The summed E-state index contributed by atoms with van der Waals surface area (Å²) in [6.45, 7) is 4.18. The minimum Gasteiger partial charge on any atom is -0.497 e. The zero-order valence-electron chi connectivity index (χ0n) is 15.3. The third-order valence-corrected chi connectivity index (χ3v) is 4.27. The number of hydrogen-bond donors (Lipinski definition) is 1. The topological polar surface area (TPSA) is 73.3 Å². The van der Waals surface area contributed by atoms with Crippen molar-refractivity contribution >= 4 is 16.9 Å². The van der Waals surface area contributed by atoms with Crippen LogP contribution in [0.15, 0.2) is 36.4 Å². The van der Waals surface area contributed by atoms with Crippen molar-refractivity contribution in [3.63, 3.8) is 0 Å². The first kappa shape index (κ1) is 17.7. The summed E-state index contributed by atoms with van der Waals surface area (Å²) < 4.78 is 10.5. The molecule has 6 nitrogen and oxygen atoms in total. The molecule has 0 fully saturated rings. The molecular weight excluding hydrogens is 330 g/mol. The summed E-state index contributed by atoms with van der Waals surface area (Å²) in [7, 11) is 3.19. The van der Waals surface area contributed by atoms with Crippen LogP contribution >= 0.6 is 0 Å². The first-order valence-corrected chi connectivity index (χ1v) is 8.26. The molecule has 0 aliphatic heterocycles. The summed E-state index contributed by atoms with van der Waals surface area (Å²) in [6.07, 6.45) is 0. The molecule has 6 heteroatoms. The van der Waals surface area contributed by atoms with Gasteiger partial charge in [0, 0.05) is 23.7 Å². The molecule has 0 bridgehead atoms. The van der Waals surface area contributed by atoms with Gasteiger partial charge in [0.1, 0.15) is 11.5 Å². The van der Waals surface area contributed by atoms with Crippen LogP contribution in [0.4, 0.5) is 0 Å². The third-order valence-electron chi connectivity index (χ3n) is 4.27. The summed E-state index contributed by atoms with van der Waals surface area (Å²) in [4.78, 5) is 21.5. The number of aryl methyl sites for hydroxylation is 2. The lowest BCUT2D eigenvalue weighted by atomic mass is 10.1. The molecule has 0 spiro atoms. The van der Waals surface area contributed by atoms with E-state index in [9.17, 15) is 4.79 Å². The highest BCUT2D eigenvalue weighted by molar-refractivity contribution is 5.97. The van der Waals surface area contributed by atoms with E-state index in [1.54, 1.807) is 32.4 Å². The monoisotopic (exact) mass is 351 g/mol. The van der Waals surface area contributed by atoms with Crippen LogP contribution in [-0.4, -0.2) is 30.1 Å². The van der Waals surface area contributed by atoms with E-state index >= 15 is 0 Å². The Morgan fingerprint density at radius 3 is 2.38 bits per heavy atom. The van der Waals surface area contributed by atoms with Crippen LogP contribution in [-0.2, 0) is 6.54 Å². The number of rotatable bonds is 5. The smallest absolute Gasteiger partial charge is 0.251 e. The van der Waals surface area contributed by atoms with E-state index in [1.807, 2.05) is 32.0 Å². The second kappa shape index (κ2) is 7.39. The molecule has 0 aliphatic carbocycles. The number of hydrogen-bond acceptors (Lipinski definition) is 5. The lowest BCUT2D eigenvalue weighted by molar-refractivity contribution is 0.0951. The van der Waals surface area contributed by atoms with Crippen LogP contribution in [0.25, 0.3) is 11.0 Å². The fourth-order valence-electron chi connectivity index (χ4n) is 2.65. The number of fused-ring (bicyclic) bond motifs is 1. The molecule has 0 unspecified atom stereocenters. The normalized spacial score (nSPS) is 10.6. The van der Waals surface area contributed by atoms with Crippen LogP contribution in [0.3, 0.4) is 0 Å². The van der Waals surface area contributed by atoms with Crippen molar-refractivity contribution in [3.05, 3.63) is 58.9 Å². The van der Waals surface area contributed by atoms with Crippen molar-refractivity contribution in [2.45, 2.75) is 20.4 Å². The molecule has 1 heterocycles. The van der Waals surface area contributed by atoms with Crippen LogP contribution < -0.4 is 14.8 Å². The SMILES string of the molecule is COc1ccc(CNC(=O)c2ccc3nc(C)c(C)nc3c2)c(OC)c1. The number of amides is 1. The molecule has 2 aromatic carbocycles.